The number of nitrogens with zero attached hydrogens (tertiary/aromatic N) is 1. The molecule has 0 aliphatic rings. The zero-order valence-corrected chi connectivity index (χ0v) is 12.5. The molecule has 1 nitrogen and oxygen atoms in total. The fourth-order valence-electron chi connectivity index (χ4n) is 2.46. The summed E-state index contributed by atoms with van der Waals surface area (Å²) >= 11 is 0. The van der Waals surface area contributed by atoms with Crippen LogP contribution < -0.4 is 0 Å². The lowest BCUT2D eigenvalue weighted by atomic mass is 10.0. The molecule has 0 spiro atoms. The Morgan fingerprint density at radius 1 is 0.636 bits per heavy atom. The molecule has 0 unspecified atom stereocenters. The van der Waals surface area contributed by atoms with Gasteiger partial charge in [-0.05, 0) is 36.1 Å². The third-order valence-corrected chi connectivity index (χ3v) is 3.62. The fourth-order valence-corrected chi connectivity index (χ4v) is 2.46. The molecule has 0 saturated heterocycles. The van der Waals surface area contributed by atoms with E-state index in [4.69, 9.17) is 4.99 Å². The van der Waals surface area contributed by atoms with Crippen molar-refractivity contribution >= 4 is 11.4 Å². The van der Waals surface area contributed by atoms with Crippen LogP contribution in [0.25, 0.3) is 0 Å². The number of aliphatic imine (C=N–C) groups is 1. The Labute approximate surface area is 132 Å². The molecule has 0 N–H and O–H groups in total. The molecule has 0 aliphatic carbocycles. The second-order valence-electron chi connectivity index (χ2n) is 5.25. The number of hydrogen-bond acceptors (Lipinski definition) is 1. The van der Waals surface area contributed by atoms with E-state index < -0.39 is 0 Å². The van der Waals surface area contributed by atoms with Crippen molar-refractivity contribution in [1.82, 2.24) is 0 Å². The van der Waals surface area contributed by atoms with E-state index in [0.29, 0.717) is 0 Å². The summed E-state index contributed by atoms with van der Waals surface area (Å²) in [5.74, 6) is 0. The Morgan fingerprint density at radius 2 is 1.18 bits per heavy atom. The topological polar surface area (TPSA) is 12.4 Å². The van der Waals surface area contributed by atoms with Gasteiger partial charge in [-0.25, -0.2) is 0 Å². The smallest absolute Gasteiger partial charge is 0.0633 e. The van der Waals surface area contributed by atoms with Crippen molar-refractivity contribution in [2.75, 3.05) is 0 Å². The highest BCUT2D eigenvalue weighted by Crippen LogP contribution is 2.16. The van der Waals surface area contributed by atoms with E-state index >= 15 is 0 Å². The predicted molar refractivity (Wildman–Crippen MR) is 93.8 cm³/mol. The van der Waals surface area contributed by atoms with Crippen molar-refractivity contribution in [3.05, 3.63) is 102 Å². The highest BCUT2D eigenvalue weighted by molar-refractivity contribution is 6.02. The first-order valence-corrected chi connectivity index (χ1v) is 7.64. The molecule has 0 aromatic heterocycles. The Hall–Kier alpha value is -2.67. The molecule has 0 amide bonds. The van der Waals surface area contributed by atoms with Gasteiger partial charge in [-0.2, -0.15) is 0 Å². The van der Waals surface area contributed by atoms with E-state index in [-0.39, 0.29) is 0 Å². The van der Waals surface area contributed by atoms with E-state index in [0.717, 1.165) is 24.2 Å². The third-order valence-electron chi connectivity index (χ3n) is 3.62. The van der Waals surface area contributed by atoms with Crippen LogP contribution in [0, 0.1) is 0 Å². The van der Waals surface area contributed by atoms with Crippen molar-refractivity contribution in [3.63, 3.8) is 0 Å². The first-order valence-electron chi connectivity index (χ1n) is 7.64. The minimum atomic E-state index is 0.933. The van der Waals surface area contributed by atoms with Crippen LogP contribution in [-0.4, -0.2) is 5.71 Å². The van der Waals surface area contributed by atoms with Gasteiger partial charge in [0, 0.05) is 5.71 Å². The minimum absolute atomic E-state index is 0.933. The lowest BCUT2D eigenvalue weighted by molar-refractivity contribution is 1.04. The Kier molecular flexibility index (Phi) is 4.78. The van der Waals surface area contributed by atoms with Gasteiger partial charge in [0.15, 0.2) is 0 Å². The van der Waals surface area contributed by atoms with Crippen molar-refractivity contribution in [2.24, 2.45) is 4.99 Å². The third kappa shape index (κ3) is 3.92. The van der Waals surface area contributed by atoms with Crippen molar-refractivity contribution in [1.29, 1.82) is 0 Å². The zero-order valence-electron chi connectivity index (χ0n) is 12.5. The molecular weight excluding hydrogens is 266 g/mol. The van der Waals surface area contributed by atoms with Crippen LogP contribution in [0.2, 0.25) is 0 Å². The molecule has 3 aromatic carbocycles. The zero-order chi connectivity index (χ0) is 15.0. The van der Waals surface area contributed by atoms with Crippen LogP contribution >= 0.6 is 0 Å². The number of hydrogen-bond donors (Lipinski definition) is 0. The molecule has 0 bridgehead atoms. The van der Waals surface area contributed by atoms with Crippen LogP contribution in [-0.2, 0) is 6.42 Å². The van der Waals surface area contributed by atoms with Gasteiger partial charge in [0.1, 0.15) is 0 Å². The standard InChI is InChI=1S/C21H19N/c1-4-10-18(11-5-1)16-17-21(19-12-6-2-7-13-19)22-20-14-8-3-9-15-20/h1-15H,16-17H2. The molecule has 0 radical (unpaired) electrons. The quantitative estimate of drug-likeness (QED) is 0.553. The summed E-state index contributed by atoms with van der Waals surface area (Å²) in [5.41, 5.74) is 4.69. The maximum absolute atomic E-state index is 4.86. The Bertz CT molecular complexity index is 716. The molecular formula is C21H19N. The first kappa shape index (κ1) is 14.3. The van der Waals surface area contributed by atoms with Gasteiger partial charge < -0.3 is 0 Å². The molecule has 3 rings (SSSR count). The minimum Gasteiger partial charge on any atom is -0.253 e. The maximum Gasteiger partial charge on any atom is 0.0633 e. The molecule has 22 heavy (non-hydrogen) atoms. The highest BCUT2D eigenvalue weighted by atomic mass is 14.7. The van der Waals surface area contributed by atoms with Gasteiger partial charge in [-0.3, -0.25) is 4.99 Å². The molecule has 0 atom stereocenters. The molecule has 3 aromatic rings. The Morgan fingerprint density at radius 3 is 1.82 bits per heavy atom. The summed E-state index contributed by atoms with van der Waals surface area (Å²) in [6, 6.07) is 31.2. The maximum atomic E-state index is 4.86. The summed E-state index contributed by atoms with van der Waals surface area (Å²) in [6.07, 6.45) is 1.93. The van der Waals surface area contributed by atoms with E-state index in [1.807, 2.05) is 36.4 Å². The lowest BCUT2D eigenvalue weighted by Crippen LogP contribution is -2.02. The monoisotopic (exact) mass is 285 g/mol. The summed E-state index contributed by atoms with van der Waals surface area (Å²) in [4.78, 5) is 4.86. The van der Waals surface area contributed by atoms with E-state index in [1.54, 1.807) is 0 Å². The van der Waals surface area contributed by atoms with Crippen molar-refractivity contribution in [2.45, 2.75) is 12.8 Å². The van der Waals surface area contributed by atoms with Crippen molar-refractivity contribution in [3.8, 4) is 0 Å². The number of rotatable bonds is 5. The van der Waals surface area contributed by atoms with Crippen molar-refractivity contribution < 1.29 is 0 Å². The van der Waals surface area contributed by atoms with Gasteiger partial charge in [0.25, 0.3) is 0 Å². The summed E-state index contributed by atoms with van der Waals surface area (Å²) in [7, 11) is 0. The largest absolute Gasteiger partial charge is 0.253 e. The second-order valence-corrected chi connectivity index (χ2v) is 5.25. The van der Waals surface area contributed by atoms with E-state index in [1.165, 1.54) is 11.1 Å². The average molecular weight is 285 g/mol. The van der Waals surface area contributed by atoms with Crippen LogP contribution in [0.4, 0.5) is 5.69 Å². The average Bonchev–Trinajstić information content (AvgIpc) is 2.61. The predicted octanol–water partition coefficient (Wildman–Crippen LogP) is 5.44. The van der Waals surface area contributed by atoms with Gasteiger partial charge in [-0.1, -0.05) is 78.9 Å². The van der Waals surface area contributed by atoms with Gasteiger partial charge in [0.05, 0.1) is 5.69 Å². The van der Waals surface area contributed by atoms with E-state index in [9.17, 15) is 0 Å². The fraction of sp³-hybridized carbons (Fsp3) is 0.0952. The second kappa shape index (κ2) is 7.37. The SMILES string of the molecule is c1ccc(CCC(=Nc2ccccc2)c2ccccc2)cc1. The number of para-hydroxylation sites is 1. The first-order chi connectivity index (χ1) is 10.9. The summed E-state index contributed by atoms with van der Waals surface area (Å²) in [5, 5.41) is 0. The van der Waals surface area contributed by atoms with Crippen LogP contribution in [0.15, 0.2) is 96.0 Å². The van der Waals surface area contributed by atoms with E-state index in [2.05, 4.69) is 54.6 Å². The lowest BCUT2D eigenvalue weighted by Gasteiger charge is -2.08. The number of aryl methyl sites for hydroxylation is 1. The highest BCUT2D eigenvalue weighted by Gasteiger charge is 2.04. The molecule has 0 aliphatic heterocycles. The van der Waals surface area contributed by atoms with Crippen LogP contribution in [0.1, 0.15) is 17.5 Å². The molecule has 0 heterocycles. The van der Waals surface area contributed by atoms with Gasteiger partial charge in [0.2, 0.25) is 0 Å². The molecule has 0 fully saturated rings. The molecule has 0 saturated carbocycles. The van der Waals surface area contributed by atoms with Crippen LogP contribution in [0.5, 0.6) is 0 Å². The Balaban J connectivity index is 1.85. The molecule has 108 valence electrons. The van der Waals surface area contributed by atoms with Crippen LogP contribution in [0.3, 0.4) is 0 Å². The number of benzene rings is 3. The summed E-state index contributed by atoms with van der Waals surface area (Å²) < 4.78 is 0. The summed E-state index contributed by atoms with van der Waals surface area (Å²) in [6.45, 7) is 0. The normalized spacial score (nSPS) is 11.4. The molecule has 1 heteroatoms. The van der Waals surface area contributed by atoms with Gasteiger partial charge >= 0.3 is 0 Å². The van der Waals surface area contributed by atoms with Gasteiger partial charge in [-0.15, -0.1) is 0 Å².